The van der Waals surface area contributed by atoms with Crippen molar-refractivity contribution in [3.63, 3.8) is 0 Å². The van der Waals surface area contributed by atoms with Crippen LogP contribution in [0.2, 0.25) is 0 Å². The van der Waals surface area contributed by atoms with Crippen LogP contribution in [0.25, 0.3) is 0 Å². The second-order valence-corrected chi connectivity index (χ2v) is 2.43. The summed E-state index contributed by atoms with van der Waals surface area (Å²) in [6.45, 7) is 4.88. The Morgan fingerprint density at radius 1 is 1.60 bits per heavy atom. The molecule has 0 aromatic heterocycles. The third-order valence-corrected chi connectivity index (χ3v) is 1.30. The number of aldehydes is 1. The number of rotatable bonds is 6. The van der Waals surface area contributed by atoms with Crippen molar-refractivity contribution < 1.29 is 9.53 Å². The maximum Gasteiger partial charge on any atom is 0.120 e. The van der Waals surface area contributed by atoms with Crippen LogP contribution in [0.1, 0.15) is 33.1 Å². The van der Waals surface area contributed by atoms with E-state index in [1.54, 1.807) is 0 Å². The van der Waals surface area contributed by atoms with E-state index in [2.05, 4.69) is 6.92 Å². The van der Waals surface area contributed by atoms with E-state index in [-0.39, 0.29) is 6.10 Å². The van der Waals surface area contributed by atoms with Gasteiger partial charge in [0.25, 0.3) is 0 Å². The number of carbonyl (C=O) groups excluding carboxylic acids is 1. The molecule has 1 unspecified atom stereocenters. The third-order valence-electron chi connectivity index (χ3n) is 1.30. The molecule has 60 valence electrons. The van der Waals surface area contributed by atoms with Crippen molar-refractivity contribution >= 4 is 6.29 Å². The monoisotopic (exact) mass is 144 g/mol. The summed E-state index contributed by atoms with van der Waals surface area (Å²) in [4.78, 5) is 9.93. The molecular formula is C8H16O2. The fourth-order valence-electron chi connectivity index (χ4n) is 0.705. The largest absolute Gasteiger partial charge is 0.379 e. The molecule has 0 aromatic rings. The van der Waals surface area contributed by atoms with Gasteiger partial charge in [-0.3, -0.25) is 0 Å². The van der Waals surface area contributed by atoms with E-state index in [0.29, 0.717) is 6.42 Å². The molecule has 0 saturated heterocycles. The zero-order valence-corrected chi connectivity index (χ0v) is 6.80. The van der Waals surface area contributed by atoms with Gasteiger partial charge >= 0.3 is 0 Å². The maximum atomic E-state index is 9.93. The highest BCUT2D eigenvalue weighted by molar-refractivity contribution is 5.49. The minimum absolute atomic E-state index is 0.241. The van der Waals surface area contributed by atoms with E-state index in [1.165, 1.54) is 0 Å². The van der Waals surface area contributed by atoms with E-state index in [9.17, 15) is 4.79 Å². The summed E-state index contributed by atoms with van der Waals surface area (Å²) < 4.78 is 5.33. The Morgan fingerprint density at radius 3 is 2.80 bits per heavy atom. The maximum absolute atomic E-state index is 9.93. The van der Waals surface area contributed by atoms with Crippen LogP contribution in [0.5, 0.6) is 0 Å². The predicted octanol–water partition coefficient (Wildman–Crippen LogP) is 1.78. The summed E-state index contributed by atoms with van der Waals surface area (Å²) in [5.74, 6) is 0. The first-order chi connectivity index (χ1) is 4.81. The predicted molar refractivity (Wildman–Crippen MR) is 41.0 cm³/mol. The fraction of sp³-hybridized carbons (Fsp3) is 0.875. The first kappa shape index (κ1) is 9.63. The van der Waals surface area contributed by atoms with Crippen molar-refractivity contribution in [2.24, 2.45) is 0 Å². The summed E-state index contributed by atoms with van der Waals surface area (Å²) >= 11 is 0. The van der Waals surface area contributed by atoms with Crippen LogP contribution in [0.3, 0.4) is 0 Å². The van der Waals surface area contributed by atoms with Crippen LogP contribution in [-0.2, 0) is 9.53 Å². The molecule has 0 radical (unpaired) electrons. The molecule has 2 nitrogen and oxygen atoms in total. The molecule has 0 N–H and O–H groups in total. The van der Waals surface area contributed by atoms with E-state index < -0.39 is 0 Å². The number of carbonyl (C=O) groups is 1. The molecule has 0 saturated carbocycles. The van der Waals surface area contributed by atoms with E-state index >= 15 is 0 Å². The van der Waals surface area contributed by atoms with Crippen LogP contribution in [0.4, 0.5) is 0 Å². The normalized spacial score (nSPS) is 13.0. The average Bonchev–Trinajstić information content (AvgIpc) is 1.97. The lowest BCUT2D eigenvalue weighted by molar-refractivity contribution is -0.108. The summed E-state index contributed by atoms with van der Waals surface area (Å²) in [6.07, 6.45) is 3.69. The third kappa shape index (κ3) is 5.76. The summed E-state index contributed by atoms with van der Waals surface area (Å²) in [7, 11) is 0. The second kappa shape index (κ2) is 6.75. The Morgan fingerprint density at radius 2 is 2.30 bits per heavy atom. The van der Waals surface area contributed by atoms with Crippen molar-refractivity contribution in [2.45, 2.75) is 39.2 Å². The molecule has 2 heteroatoms. The Balaban J connectivity index is 3.07. The average molecular weight is 144 g/mol. The zero-order chi connectivity index (χ0) is 7.82. The standard InChI is InChI=1S/C8H16O2/c1-3-7-10-8(2)5-4-6-9/h6,8H,3-5,7H2,1-2H3. The first-order valence-corrected chi connectivity index (χ1v) is 3.86. The fourth-order valence-corrected chi connectivity index (χ4v) is 0.705. The molecule has 10 heavy (non-hydrogen) atoms. The minimum Gasteiger partial charge on any atom is -0.379 e. The van der Waals surface area contributed by atoms with Crippen molar-refractivity contribution in [2.75, 3.05) is 6.61 Å². The van der Waals surface area contributed by atoms with Gasteiger partial charge in [0.1, 0.15) is 6.29 Å². The molecule has 0 aromatic carbocycles. The molecule has 0 fully saturated rings. The lowest BCUT2D eigenvalue weighted by Gasteiger charge is -2.09. The Hall–Kier alpha value is -0.370. The van der Waals surface area contributed by atoms with E-state index in [4.69, 9.17) is 4.74 Å². The Kier molecular flexibility index (Phi) is 6.50. The van der Waals surface area contributed by atoms with Gasteiger partial charge in [0.05, 0.1) is 6.10 Å². The van der Waals surface area contributed by atoms with Gasteiger partial charge in [-0.05, 0) is 19.8 Å². The summed E-state index contributed by atoms with van der Waals surface area (Å²) in [6, 6.07) is 0. The van der Waals surface area contributed by atoms with Gasteiger partial charge in [-0.1, -0.05) is 6.92 Å². The van der Waals surface area contributed by atoms with Gasteiger partial charge in [-0.2, -0.15) is 0 Å². The SMILES string of the molecule is CCCOC(C)CCC=O. The van der Waals surface area contributed by atoms with Gasteiger partial charge < -0.3 is 9.53 Å². The minimum atomic E-state index is 0.241. The lowest BCUT2D eigenvalue weighted by atomic mass is 10.2. The molecule has 0 aliphatic carbocycles. The van der Waals surface area contributed by atoms with Gasteiger partial charge in [-0.25, -0.2) is 0 Å². The van der Waals surface area contributed by atoms with E-state index in [1.807, 2.05) is 6.92 Å². The topological polar surface area (TPSA) is 26.3 Å². The first-order valence-electron chi connectivity index (χ1n) is 3.86. The van der Waals surface area contributed by atoms with Crippen molar-refractivity contribution in [1.82, 2.24) is 0 Å². The molecule has 1 atom stereocenters. The zero-order valence-electron chi connectivity index (χ0n) is 6.80. The van der Waals surface area contributed by atoms with Gasteiger partial charge in [0, 0.05) is 13.0 Å². The van der Waals surface area contributed by atoms with Crippen LogP contribution < -0.4 is 0 Å². The molecule has 0 aliphatic rings. The van der Waals surface area contributed by atoms with Gasteiger partial charge in [-0.15, -0.1) is 0 Å². The molecule has 0 amide bonds. The van der Waals surface area contributed by atoms with Crippen LogP contribution in [0.15, 0.2) is 0 Å². The van der Waals surface area contributed by atoms with Gasteiger partial charge in [0.2, 0.25) is 0 Å². The number of hydrogen-bond donors (Lipinski definition) is 0. The van der Waals surface area contributed by atoms with Gasteiger partial charge in [0.15, 0.2) is 0 Å². The molecule has 0 aliphatic heterocycles. The Bertz CT molecular complexity index is 81.3. The number of hydrogen-bond acceptors (Lipinski definition) is 2. The van der Waals surface area contributed by atoms with Crippen molar-refractivity contribution in [3.05, 3.63) is 0 Å². The summed E-state index contributed by atoms with van der Waals surface area (Å²) in [5, 5.41) is 0. The van der Waals surface area contributed by atoms with Crippen molar-refractivity contribution in [3.8, 4) is 0 Å². The summed E-state index contributed by atoms with van der Waals surface area (Å²) in [5.41, 5.74) is 0. The second-order valence-electron chi connectivity index (χ2n) is 2.43. The Labute approximate surface area is 62.6 Å². The molecule has 0 heterocycles. The number of ether oxygens (including phenoxy) is 1. The molecule has 0 spiro atoms. The van der Waals surface area contributed by atoms with Crippen LogP contribution in [-0.4, -0.2) is 19.0 Å². The van der Waals surface area contributed by atoms with Crippen LogP contribution >= 0.6 is 0 Å². The molecular weight excluding hydrogens is 128 g/mol. The molecule has 0 rings (SSSR count). The smallest absolute Gasteiger partial charge is 0.120 e. The lowest BCUT2D eigenvalue weighted by Crippen LogP contribution is -2.08. The molecule has 0 bridgehead atoms. The van der Waals surface area contributed by atoms with E-state index in [0.717, 1.165) is 25.7 Å². The highest BCUT2D eigenvalue weighted by Crippen LogP contribution is 1.99. The van der Waals surface area contributed by atoms with Crippen molar-refractivity contribution in [1.29, 1.82) is 0 Å². The highest BCUT2D eigenvalue weighted by Gasteiger charge is 1.98. The van der Waals surface area contributed by atoms with Crippen LogP contribution in [0, 0.1) is 0 Å². The highest BCUT2D eigenvalue weighted by atomic mass is 16.5. The quantitative estimate of drug-likeness (QED) is 0.531.